The molecule has 1 heterocycles. The molecule has 3 rings (SSSR count). The van der Waals surface area contributed by atoms with Gasteiger partial charge in [-0.1, -0.05) is 19.1 Å². The van der Waals surface area contributed by atoms with Crippen LogP contribution in [0.5, 0.6) is 5.75 Å². The third-order valence-electron chi connectivity index (χ3n) is 4.24. The molecular weight excluding hydrogens is 320 g/mol. The first-order valence-corrected chi connectivity index (χ1v) is 8.92. The highest BCUT2D eigenvalue weighted by atomic mass is 32.1. The Morgan fingerprint density at radius 1 is 1.50 bits per heavy atom. The fraction of sp³-hybridized carbons (Fsp3) is 0.368. The summed E-state index contributed by atoms with van der Waals surface area (Å²) in [5.74, 6) is 1.07. The Kier molecular flexibility index (Phi) is 4.86. The van der Waals surface area contributed by atoms with Crippen LogP contribution in [0.3, 0.4) is 0 Å². The summed E-state index contributed by atoms with van der Waals surface area (Å²) in [6, 6.07) is 9.84. The van der Waals surface area contributed by atoms with Crippen LogP contribution >= 0.6 is 11.3 Å². The second-order valence-corrected chi connectivity index (χ2v) is 7.43. The van der Waals surface area contributed by atoms with E-state index >= 15 is 0 Å². The molecule has 1 amide bonds. The molecule has 124 valence electrons. The molecule has 1 aromatic carbocycles. The van der Waals surface area contributed by atoms with Gasteiger partial charge in [-0.25, -0.2) is 0 Å². The second-order valence-electron chi connectivity index (χ2n) is 6.32. The monoisotopic (exact) mass is 340 g/mol. The first-order chi connectivity index (χ1) is 11.6. The third-order valence-corrected chi connectivity index (χ3v) is 5.41. The van der Waals surface area contributed by atoms with Crippen molar-refractivity contribution in [2.45, 2.75) is 33.1 Å². The lowest BCUT2D eigenvalue weighted by atomic mass is 9.89. The van der Waals surface area contributed by atoms with E-state index in [1.54, 1.807) is 0 Å². The minimum Gasteiger partial charge on any atom is -0.484 e. The lowest BCUT2D eigenvalue weighted by Gasteiger charge is -2.17. The summed E-state index contributed by atoms with van der Waals surface area (Å²) in [6.45, 7) is 4.14. The Hall–Kier alpha value is -2.32. The molecule has 24 heavy (non-hydrogen) atoms. The van der Waals surface area contributed by atoms with E-state index in [9.17, 15) is 10.1 Å². The highest BCUT2D eigenvalue weighted by molar-refractivity contribution is 7.16. The molecule has 1 aliphatic carbocycles. The molecule has 0 spiro atoms. The Bertz CT molecular complexity index is 804. The minimum absolute atomic E-state index is 0.0622. The SMILES string of the molecule is Cc1cccc(OCC(=O)Nc2sc3c(c2C#N)CC[C@@H](C)C3)c1. The zero-order valence-electron chi connectivity index (χ0n) is 13.9. The van der Waals surface area contributed by atoms with Gasteiger partial charge in [0.2, 0.25) is 0 Å². The quantitative estimate of drug-likeness (QED) is 0.912. The van der Waals surface area contributed by atoms with E-state index in [-0.39, 0.29) is 12.5 Å². The van der Waals surface area contributed by atoms with Gasteiger partial charge in [0.05, 0.1) is 5.56 Å². The highest BCUT2D eigenvalue weighted by Crippen LogP contribution is 2.39. The van der Waals surface area contributed by atoms with Crippen molar-refractivity contribution >= 4 is 22.2 Å². The Balaban J connectivity index is 1.67. The molecule has 2 aromatic rings. The van der Waals surface area contributed by atoms with Gasteiger partial charge in [-0.2, -0.15) is 5.26 Å². The second kappa shape index (κ2) is 7.06. The average molecular weight is 340 g/mol. The lowest BCUT2D eigenvalue weighted by Crippen LogP contribution is -2.20. The molecule has 0 saturated carbocycles. The van der Waals surface area contributed by atoms with E-state index in [0.717, 1.165) is 30.4 Å². The number of fused-ring (bicyclic) bond motifs is 1. The number of aryl methyl sites for hydroxylation is 1. The van der Waals surface area contributed by atoms with E-state index in [1.807, 2.05) is 31.2 Å². The smallest absolute Gasteiger partial charge is 0.262 e. The van der Waals surface area contributed by atoms with E-state index < -0.39 is 0 Å². The van der Waals surface area contributed by atoms with Crippen molar-refractivity contribution in [1.82, 2.24) is 0 Å². The molecule has 1 atom stereocenters. The number of benzene rings is 1. The molecule has 0 radical (unpaired) electrons. The molecule has 0 bridgehead atoms. The van der Waals surface area contributed by atoms with Crippen LogP contribution in [-0.2, 0) is 17.6 Å². The number of anilines is 1. The van der Waals surface area contributed by atoms with Crippen LogP contribution in [0.15, 0.2) is 24.3 Å². The summed E-state index contributed by atoms with van der Waals surface area (Å²) >= 11 is 1.53. The maximum atomic E-state index is 12.2. The van der Waals surface area contributed by atoms with E-state index in [4.69, 9.17) is 4.74 Å². The standard InChI is InChI=1S/C19H20N2O2S/c1-12-4-3-5-14(8-12)23-11-18(22)21-19-16(10-20)15-7-6-13(2)9-17(15)24-19/h3-5,8,13H,6-7,9,11H2,1-2H3,(H,21,22)/t13-/m1/s1. The molecular formula is C19H20N2O2S. The van der Waals surface area contributed by atoms with Gasteiger partial charge in [-0.3, -0.25) is 4.79 Å². The molecule has 0 fully saturated rings. The van der Waals surface area contributed by atoms with Gasteiger partial charge in [0.1, 0.15) is 16.8 Å². The predicted molar refractivity (Wildman–Crippen MR) is 95.5 cm³/mol. The number of thiophene rings is 1. The maximum Gasteiger partial charge on any atom is 0.262 e. The van der Waals surface area contributed by atoms with E-state index in [1.165, 1.54) is 16.2 Å². The van der Waals surface area contributed by atoms with Crippen LogP contribution in [-0.4, -0.2) is 12.5 Å². The number of carbonyl (C=O) groups excluding carboxylic acids is 1. The van der Waals surface area contributed by atoms with Crippen molar-refractivity contribution in [2.24, 2.45) is 5.92 Å². The first-order valence-electron chi connectivity index (χ1n) is 8.10. The van der Waals surface area contributed by atoms with Crippen molar-refractivity contribution in [1.29, 1.82) is 5.26 Å². The van der Waals surface area contributed by atoms with Gasteiger partial charge >= 0.3 is 0 Å². The molecule has 0 saturated heterocycles. The summed E-state index contributed by atoms with van der Waals surface area (Å²) in [4.78, 5) is 13.4. The molecule has 4 nitrogen and oxygen atoms in total. The Morgan fingerprint density at radius 3 is 3.08 bits per heavy atom. The fourth-order valence-corrected chi connectivity index (χ4v) is 4.35. The number of hydrogen-bond donors (Lipinski definition) is 1. The lowest BCUT2D eigenvalue weighted by molar-refractivity contribution is -0.118. The number of carbonyl (C=O) groups is 1. The van der Waals surface area contributed by atoms with Crippen molar-refractivity contribution < 1.29 is 9.53 Å². The Morgan fingerprint density at radius 2 is 2.33 bits per heavy atom. The molecule has 5 heteroatoms. The van der Waals surface area contributed by atoms with Crippen LogP contribution in [0.2, 0.25) is 0 Å². The summed E-state index contributed by atoms with van der Waals surface area (Å²) in [5, 5.41) is 13.0. The van der Waals surface area contributed by atoms with Gasteiger partial charge < -0.3 is 10.1 Å². The van der Waals surface area contributed by atoms with Gasteiger partial charge in [-0.15, -0.1) is 11.3 Å². The van der Waals surface area contributed by atoms with Crippen LogP contribution in [0.4, 0.5) is 5.00 Å². The van der Waals surface area contributed by atoms with Gasteiger partial charge in [-0.05, 0) is 55.4 Å². The van der Waals surface area contributed by atoms with E-state index in [2.05, 4.69) is 18.3 Å². The van der Waals surface area contributed by atoms with Crippen LogP contribution < -0.4 is 10.1 Å². The minimum atomic E-state index is -0.236. The zero-order valence-corrected chi connectivity index (χ0v) is 14.7. The molecule has 1 N–H and O–H groups in total. The fourth-order valence-electron chi connectivity index (χ4n) is 2.97. The molecule has 0 unspecified atom stereocenters. The average Bonchev–Trinajstić information content (AvgIpc) is 2.89. The van der Waals surface area contributed by atoms with Crippen LogP contribution in [0.25, 0.3) is 0 Å². The summed E-state index contributed by atoms with van der Waals surface area (Å²) < 4.78 is 5.52. The van der Waals surface area contributed by atoms with Crippen molar-refractivity contribution in [3.8, 4) is 11.8 Å². The third kappa shape index (κ3) is 3.60. The zero-order chi connectivity index (χ0) is 17.1. The van der Waals surface area contributed by atoms with Crippen LogP contribution in [0.1, 0.15) is 34.9 Å². The van der Waals surface area contributed by atoms with E-state index in [0.29, 0.717) is 22.2 Å². The molecule has 1 aromatic heterocycles. The maximum absolute atomic E-state index is 12.2. The van der Waals surface area contributed by atoms with Crippen LogP contribution in [0, 0.1) is 24.2 Å². The number of amides is 1. The number of ether oxygens (including phenoxy) is 1. The topological polar surface area (TPSA) is 62.1 Å². The number of nitrogens with zero attached hydrogens (tertiary/aromatic N) is 1. The first kappa shape index (κ1) is 16.5. The number of hydrogen-bond acceptors (Lipinski definition) is 4. The van der Waals surface area contributed by atoms with Gasteiger partial charge in [0.25, 0.3) is 5.91 Å². The summed E-state index contributed by atoms with van der Waals surface area (Å²) in [7, 11) is 0. The number of rotatable bonds is 4. The summed E-state index contributed by atoms with van der Waals surface area (Å²) in [5.41, 5.74) is 2.83. The molecule has 0 aliphatic heterocycles. The molecule has 1 aliphatic rings. The largest absolute Gasteiger partial charge is 0.484 e. The highest BCUT2D eigenvalue weighted by Gasteiger charge is 2.24. The normalized spacial score (nSPS) is 16.1. The summed E-state index contributed by atoms with van der Waals surface area (Å²) in [6.07, 6.45) is 3.01. The van der Waals surface area contributed by atoms with Crippen molar-refractivity contribution in [2.75, 3.05) is 11.9 Å². The number of nitrogens with one attached hydrogen (secondary N) is 1. The van der Waals surface area contributed by atoms with Gasteiger partial charge in [0.15, 0.2) is 6.61 Å². The van der Waals surface area contributed by atoms with Crippen molar-refractivity contribution in [3.63, 3.8) is 0 Å². The predicted octanol–water partition coefficient (Wildman–Crippen LogP) is 4.07. The number of nitriles is 1. The van der Waals surface area contributed by atoms with Gasteiger partial charge in [0, 0.05) is 4.88 Å². The Labute approximate surface area is 146 Å². The van der Waals surface area contributed by atoms with Crippen molar-refractivity contribution in [3.05, 3.63) is 45.8 Å².